The van der Waals surface area contributed by atoms with Crippen molar-refractivity contribution >= 4 is 43.6 Å². The van der Waals surface area contributed by atoms with Crippen LogP contribution in [-0.4, -0.2) is 61.4 Å². The normalized spacial score (nSPS) is 21.7. The van der Waals surface area contributed by atoms with Crippen LogP contribution >= 0.6 is 27.7 Å². The van der Waals surface area contributed by atoms with Crippen LogP contribution in [0.5, 0.6) is 5.75 Å². The Balaban J connectivity index is 1.93. The smallest absolute Gasteiger partial charge is 0.248 e. The summed E-state index contributed by atoms with van der Waals surface area (Å²) in [5.74, 6) is 0.898. The van der Waals surface area contributed by atoms with Gasteiger partial charge in [-0.15, -0.1) is 11.8 Å². The van der Waals surface area contributed by atoms with Gasteiger partial charge in [-0.05, 0) is 31.0 Å². The largest absolute Gasteiger partial charge is 0.495 e. The highest BCUT2D eigenvalue weighted by molar-refractivity contribution is 9.10. The molecule has 1 aromatic rings. The number of halogens is 1. The van der Waals surface area contributed by atoms with Gasteiger partial charge in [0.1, 0.15) is 16.7 Å². The van der Waals surface area contributed by atoms with Gasteiger partial charge >= 0.3 is 0 Å². The maximum absolute atomic E-state index is 13.1. The maximum atomic E-state index is 13.1. The number of hydrogen-bond donors (Lipinski definition) is 0. The number of rotatable bonds is 5. The number of sulfonamides is 1. The molecule has 3 rings (SSSR count). The molecule has 0 radical (unpaired) electrons. The second kappa shape index (κ2) is 6.86. The molecule has 0 aromatic heterocycles. The molecule has 1 saturated heterocycles. The SMILES string of the molecule is COc1ccc(Br)cc1S(=O)(=O)N1CSCC1C(=O)N(C)C1CC1. The lowest BCUT2D eigenvalue weighted by atomic mass is 10.3. The van der Waals surface area contributed by atoms with Gasteiger partial charge in [-0.1, -0.05) is 15.9 Å². The van der Waals surface area contributed by atoms with Gasteiger partial charge in [-0.3, -0.25) is 4.79 Å². The van der Waals surface area contributed by atoms with Crippen molar-refractivity contribution in [3.63, 3.8) is 0 Å². The van der Waals surface area contributed by atoms with Crippen molar-refractivity contribution in [2.24, 2.45) is 0 Å². The van der Waals surface area contributed by atoms with Crippen molar-refractivity contribution in [3.8, 4) is 5.75 Å². The third-order valence-corrected chi connectivity index (χ3v) is 7.83. The molecule has 0 bridgehead atoms. The van der Waals surface area contributed by atoms with Gasteiger partial charge in [0, 0.05) is 23.3 Å². The molecule has 24 heavy (non-hydrogen) atoms. The number of methoxy groups -OCH3 is 1. The van der Waals surface area contributed by atoms with E-state index < -0.39 is 16.1 Å². The summed E-state index contributed by atoms with van der Waals surface area (Å²) in [5.41, 5.74) is 0. The molecule has 1 heterocycles. The third kappa shape index (κ3) is 3.31. The van der Waals surface area contributed by atoms with Crippen LogP contribution < -0.4 is 4.74 Å². The lowest BCUT2D eigenvalue weighted by molar-refractivity contribution is -0.133. The van der Waals surface area contributed by atoms with Gasteiger partial charge in [0.05, 0.1) is 13.0 Å². The first-order chi connectivity index (χ1) is 11.4. The molecule has 1 amide bonds. The summed E-state index contributed by atoms with van der Waals surface area (Å²) in [5, 5.41) is 0. The molecular formula is C15H19BrN2O4S2. The zero-order valence-electron chi connectivity index (χ0n) is 13.4. The molecule has 6 nitrogen and oxygen atoms in total. The van der Waals surface area contributed by atoms with E-state index in [4.69, 9.17) is 4.74 Å². The number of nitrogens with zero attached hydrogens (tertiary/aromatic N) is 2. The van der Waals surface area contributed by atoms with Gasteiger partial charge in [0.15, 0.2) is 0 Å². The first-order valence-electron chi connectivity index (χ1n) is 7.56. The summed E-state index contributed by atoms with van der Waals surface area (Å²) in [7, 11) is -0.635. The van der Waals surface area contributed by atoms with E-state index in [1.807, 2.05) is 0 Å². The number of thioether (sulfide) groups is 1. The van der Waals surface area contributed by atoms with Crippen LogP contribution in [0.4, 0.5) is 0 Å². The van der Waals surface area contributed by atoms with Crippen LogP contribution in [0.2, 0.25) is 0 Å². The number of carbonyl (C=O) groups excluding carboxylic acids is 1. The average molecular weight is 435 g/mol. The van der Waals surface area contributed by atoms with Crippen LogP contribution in [0, 0.1) is 0 Å². The highest BCUT2D eigenvalue weighted by Crippen LogP contribution is 2.36. The molecule has 2 fully saturated rings. The maximum Gasteiger partial charge on any atom is 0.248 e. The number of hydrogen-bond acceptors (Lipinski definition) is 5. The first-order valence-corrected chi connectivity index (χ1v) is 10.9. The van der Waals surface area contributed by atoms with Crippen molar-refractivity contribution in [2.45, 2.75) is 29.8 Å². The summed E-state index contributed by atoms with van der Waals surface area (Å²) in [6, 6.07) is 4.44. The van der Waals surface area contributed by atoms with E-state index in [1.165, 1.54) is 29.2 Å². The summed E-state index contributed by atoms with van der Waals surface area (Å²) in [6.45, 7) is 0. The molecule has 1 aliphatic heterocycles. The second-order valence-electron chi connectivity index (χ2n) is 5.88. The van der Waals surface area contributed by atoms with Crippen LogP contribution in [0.1, 0.15) is 12.8 Å². The van der Waals surface area contributed by atoms with Gasteiger partial charge in [0.25, 0.3) is 0 Å². The molecule has 1 aromatic carbocycles. The Morgan fingerprint density at radius 3 is 2.75 bits per heavy atom. The van der Waals surface area contributed by atoms with E-state index in [9.17, 15) is 13.2 Å². The topological polar surface area (TPSA) is 66.9 Å². The summed E-state index contributed by atoms with van der Waals surface area (Å²) >= 11 is 4.76. The Morgan fingerprint density at radius 1 is 1.42 bits per heavy atom. The number of likely N-dealkylation sites (N-methyl/N-ethyl adjacent to an activating group) is 1. The molecule has 1 unspecified atom stereocenters. The van der Waals surface area contributed by atoms with Gasteiger partial charge in [-0.2, -0.15) is 4.31 Å². The Hall–Kier alpha value is -0.770. The van der Waals surface area contributed by atoms with Crippen molar-refractivity contribution in [1.82, 2.24) is 9.21 Å². The minimum atomic E-state index is -3.83. The van der Waals surface area contributed by atoms with Crippen molar-refractivity contribution in [1.29, 1.82) is 0 Å². The van der Waals surface area contributed by atoms with Crippen molar-refractivity contribution in [3.05, 3.63) is 22.7 Å². The Morgan fingerprint density at radius 2 is 2.12 bits per heavy atom. The van der Waals surface area contributed by atoms with E-state index in [0.717, 1.165) is 12.8 Å². The quantitative estimate of drug-likeness (QED) is 0.709. The lowest BCUT2D eigenvalue weighted by Gasteiger charge is -2.27. The summed E-state index contributed by atoms with van der Waals surface area (Å²) in [6.07, 6.45) is 1.99. The fraction of sp³-hybridized carbons (Fsp3) is 0.533. The highest BCUT2D eigenvalue weighted by Gasteiger charge is 2.44. The highest BCUT2D eigenvalue weighted by atomic mass is 79.9. The molecule has 2 aliphatic rings. The zero-order chi connectivity index (χ0) is 17.5. The second-order valence-corrected chi connectivity index (χ2v) is 9.66. The predicted molar refractivity (Wildman–Crippen MR) is 96.6 cm³/mol. The molecule has 0 N–H and O–H groups in total. The molecular weight excluding hydrogens is 416 g/mol. The van der Waals surface area contributed by atoms with Crippen LogP contribution in [0.3, 0.4) is 0 Å². The Kier molecular flexibility index (Phi) is 5.15. The fourth-order valence-corrected chi connectivity index (χ4v) is 6.54. The predicted octanol–water partition coefficient (Wildman–Crippen LogP) is 2.14. The lowest BCUT2D eigenvalue weighted by Crippen LogP contribution is -2.48. The van der Waals surface area contributed by atoms with E-state index in [2.05, 4.69) is 15.9 Å². The van der Waals surface area contributed by atoms with E-state index in [1.54, 1.807) is 24.1 Å². The Labute approximate surface area is 154 Å². The fourth-order valence-electron chi connectivity index (χ4n) is 2.71. The van der Waals surface area contributed by atoms with Crippen LogP contribution in [0.25, 0.3) is 0 Å². The van der Waals surface area contributed by atoms with Crippen LogP contribution in [-0.2, 0) is 14.8 Å². The zero-order valence-corrected chi connectivity index (χ0v) is 16.7. The number of benzene rings is 1. The van der Waals surface area contributed by atoms with E-state index in [0.29, 0.717) is 10.2 Å². The standard InChI is InChI=1S/C15H19BrN2O4S2/c1-17(11-4-5-11)15(19)12-8-23-9-18(12)24(20,21)14-7-10(16)3-6-13(14)22-2/h3,6-7,11-12H,4-5,8-9H2,1-2H3. The van der Waals surface area contributed by atoms with Gasteiger partial charge in [-0.25, -0.2) is 8.42 Å². The molecule has 1 saturated carbocycles. The molecule has 9 heteroatoms. The minimum absolute atomic E-state index is 0.0775. The number of ether oxygens (including phenoxy) is 1. The minimum Gasteiger partial charge on any atom is -0.495 e. The molecule has 1 aliphatic carbocycles. The van der Waals surface area contributed by atoms with E-state index >= 15 is 0 Å². The first kappa shape index (κ1) is 18.0. The molecule has 0 spiro atoms. The summed E-state index contributed by atoms with van der Waals surface area (Å²) in [4.78, 5) is 14.5. The van der Waals surface area contributed by atoms with E-state index in [-0.39, 0.29) is 28.5 Å². The van der Waals surface area contributed by atoms with Crippen LogP contribution in [0.15, 0.2) is 27.6 Å². The number of carbonyl (C=O) groups is 1. The van der Waals surface area contributed by atoms with Gasteiger partial charge < -0.3 is 9.64 Å². The monoisotopic (exact) mass is 434 g/mol. The third-order valence-electron chi connectivity index (χ3n) is 4.28. The van der Waals surface area contributed by atoms with Gasteiger partial charge in [0.2, 0.25) is 15.9 Å². The molecule has 132 valence electrons. The molecule has 1 atom stereocenters. The van der Waals surface area contributed by atoms with Crippen molar-refractivity contribution in [2.75, 3.05) is 25.8 Å². The summed E-state index contributed by atoms with van der Waals surface area (Å²) < 4.78 is 33.4. The Bertz CT molecular complexity index is 752. The average Bonchev–Trinajstić information content (AvgIpc) is 3.29. The number of amides is 1. The van der Waals surface area contributed by atoms with Crippen molar-refractivity contribution < 1.29 is 17.9 Å².